The number of piperidine rings is 1. The van der Waals surface area contributed by atoms with Gasteiger partial charge in [0.1, 0.15) is 0 Å². The molecule has 2 heteroatoms. The Hall–Kier alpha value is 0.583. The average molecular weight is 207 g/mol. The molecule has 1 rings (SSSR count). The van der Waals surface area contributed by atoms with Crippen LogP contribution in [0.15, 0.2) is 0 Å². The Morgan fingerprint density at radius 2 is 1.27 bits per heavy atom. The molecule has 0 atom stereocenters. The van der Waals surface area contributed by atoms with Gasteiger partial charge in [-0.1, -0.05) is 0 Å². The van der Waals surface area contributed by atoms with Crippen molar-refractivity contribution in [3.8, 4) is 0 Å². The van der Waals surface area contributed by atoms with E-state index in [0.717, 1.165) is 0 Å². The summed E-state index contributed by atoms with van der Waals surface area (Å²) in [5.41, 5.74) is 0.726. The summed E-state index contributed by atoms with van der Waals surface area (Å²) < 4.78 is 0. The van der Waals surface area contributed by atoms with Crippen LogP contribution in [0, 0.1) is 0 Å². The molecule has 1 N–H and O–H groups in total. The summed E-state index contributed by atoms with van der Waals surface area (Å²) in [6.45, 7) is 9.14. The number of hydrogen-bond donors (Lipinski definition) is 1. The molecule has 1 aliphatic heterocycles. The normalized spacial score (nSPS) is 27.3. The van der Waals surface area contributed by atoms with Gasteiger partial charge >= 0.3 is 0 Å². The van der Waals surface area contributed by atoms with Crippen LogP contribution in [0.5, 0.6) is 0 Å². The van der Waals surface area contributed by atoms with Gasteiger partial charge in [0.15, 0.2) is 0 Å². The minimum absolute atomic E-state index is 0. The van der Waals surface area contributed by atoms with Gasteiger partial charge in [0.25, 0.3) is 0 Å². The summed E-state index contributed by atoms with van der Waals surface area (Å²) in [4.78, 5) is 0. The number of nitrogens with one attached hydrogen (secondary N) is 1. The quantitative estimate of drug-likeness (QED) is 0.600. The predicted octanol–water partition coefficient (Wildman–Crippen LogP) is 2.31. The second-order valence-corrected chi connectivity index (χ2v) is 4.75. The molecule has 0 aliphatic carbocycles. The molecule has 0 amide bonds. The van der Waals surface area contributed by atoms with E-state index < -0.39 is 0 Å². The van der Waals surface area contributed by atoms with E-state index in [9.17, 15) is 0 Å². The zero-order valence-electron chi connectivity index (χ0n) is 8.33. The minimum Gasteiger partial charge on any atom is -0.307 e. The third-order valence-electron chi connectivity index (χ3n) is 2.28. The summed E-state index contributed by atoms with van der Waals surface area (Å²) >= 11 is 0. The average Bonchev–Trinajstić information content (AvgIpc) is 1.56. The maximum atomic E-state index is 3.63. The Morgan fingerprint density at radius 1 is 0.909 bits per heavy atom. The fraction of sp³-hybridized carbons (Fsp3) is 1.00. The first-order chi connectivity index (χ1) is 4.41. The largest absolute Gasteiger partial charge is 0.307 e. The summed E-state index contributed by atoms with van der Waals surface area (Å²) in [7, 11) is 0. The molecule has 1 nitrogen and oxygen atoms in total. The molecule has 1 saturated heterocycles. The van der Waals surface area contributed by atoms with Gasteiger partial charge < -0.3 is 5.32 Å². The topological polar surface area (TPSA) is 12.0 Å². The first kappa shape index (κ1) is 11.6. The Morgan fingerprint density at radius 3 is 1.45 bits per heavy atom. The molecule has 62 valence electrons. The fourth-order valence-corrected chi connectivity index (χ4v) is 2.01. The van der Waals surface area contributed by atoms with Crippen molar-refractivity contribution in [1.29, 1.82) is 0 Å². The van der Waals surface area contributed by atoms with Crippen LogP contribution in [0.3, 0.4) is 0 Å². The molecule has 1 fully saturated rings. The second-order valence-electron chi connectivity index (χ2n) is 4.75. The van der Waals surface area contributed by atoms with E-state index in [1.54, 1.807) is 0 Å². The van der Waals surface area contributed by atoms with Crippen LogP contribution in [0.25, 0.3) is 0 Å². The summed E-state index contributed by atoms with van der Waals surface area (Å²) in [5, 5.41) is 3.63. The first-order valence-corrected chi connectivity index (χ1v) is 4.21. The van der Waals surface area contributed by atoms with Crippen LogP contribution in [0.1, 0.15) is 47.0 Å². The fourth-order valence-electron chi connectivity index (χ4n) is 2.01. The van der Waals surface area contributed by atoms with Gasteiger partial charge in [0.05, 0.1) is 0 Å². The van der Waals surface area contributed by atoms with Crippen molar-refractivity contribution in [3.63, 3.8) is 0 Å². The van der Waals surface area contributed by atoms with Crippen molar-refractivity contribution in [2.75, 3.05) is 0 Å². The van der Waals surface area contributed by atoms with Crippen molar-refractivity contribution in [1.82, 2.24) is 5.32 Å². The molecule has 1 heterocycles. The molecular formula is C9H19NZn. The molecule has 0 aromatic heterocycles. The van der Waals surface area contributed by atoms with Crippen molar-refractivity contribution in [3.05, 3.63) is 0 Å². The van der Waals surface area contributed by atoms with E-state index in [-0.39, 0.29) is 19.5 Å². The van der Waals surface area contributed by atoms with Gasteiger partial charge in [-0.05, 0) is 47.0 Å². The predicted molar refractivity (Wildman–Crippen MR) is 45.1 cm³/mol. The molecule has 0 aromatic rings. The molecule has 0 spiro atoms. The van der Waals surface area contributed by atoms with Gasteiger partial charge in [-0.25, -0.2) is 0 Å². The maximum absolute atomic E-state index is 3.63. The number of hydrogen-bond acceptors (Lipinski definition) is 1. The van der Waals surface area contributed by atoms with E-state index in [0.29, 0.717) is 11.1 Å². The van der Waals surface area contributed by atoms with E-state index >= 15 is 0 Å². The molecule has 1 aliphatic rings. The SMILES string of the molecule is CC1(C)CCCC(C)(C)N1.[Zn]. The van der Waals surface area contributed by atoms with Crippen molar-refractivity contribution >= 4 is 0 Å². The van der Waals surface area contributed by atoms with Crippen LogP contribution >= 0.6 is 0 Å². The second kappa shape index (κ2) is 3.53. The zero-order chi connectivity index (χ0) is 7.83. The monoisotopic (exact) mass is 205 g/mol. The Bertz CT molecular complexity index is 116. The summed E-state index contributed by atoms with van der Waals surface area (Å²) in [6.07, 6.45) is 4.00. The van der Waals surface area contributed by atoms with Gasteiger partial charge in [-0.3, -0.25) is 0 Å². The number of rotatable bonds is 0. The van der Waals surface area contributed by atoms with Gasteiger partial charge in [-0.15, -0.1) is 0 Å². The molecule has 11 heavy (non-hydrogen) atoms. The van der Waals surface area contributed by atoms with E-state index in [2.05, 4.69) is 33.0 Å². The Labute approximate surface area is 83.1 Å². The maximum Gasteiger partial charge on any atom is 0.0130 e. The third kappa shape index (κ3) is 3.67. The van der Waals surface area contributed by atoms with Crippen molar-refractivity contribution in [2.24, 2.45) is 0 Å². The molecule has 0 saturated carbocycles. The van der Waals surface area contributed by atoms with E-state index in [1.807, 2.05) is 0 Å². The van der Waals surface area contributed by atoms with Crippen LogP contribution in [0.2, 0.25) is 0 Å². The van der Waals surface area contributed by atoms with E-state index in [1.165, 1.54) is 19.3 Å². The summed E-state index contributed by atoms with van der Waals surface area (Å²) in [6, 6.07) is 0. The van der Waals surface area contributed by atoms with Crippen LogP contribution in [-0.2, 0) is 19.5 Å². The zero-order valence-corrected chi connectivity index (χ0v) is 11.3. The summed E-state index contributed by atoms with van der Waals surface area (Å²) in [5.74, 6) is 0. The molecule has 0 bridgehead atoms. The van der Waals surface area contributed by atoms with E-state index in [4.69, 9.17) is 0 Å². The van der Waals surface area contributed by atoms with Gasteiger partial charge in [-0.2, -0.15) is 0 Å². The molecule has 0 unspecified atom stereocenters. The molecular weight excluding hydrogens is 187 g/mol. The first-order valence-electron chi connectivity index (χ1n) is 4.21. The van der Waals surface area contributed by atoms with Crippen molar-refractivity contribution in [2.45, 2.75) is 58.0 Å². The Balaban J connectivity index is 0.000001000. The van der Waals surface area contributed by atoms with Crippen LogP contribution in [0.4, 0.5) is 0 Å². The van der Waals surface area contributed by atoms with Crippen molar-refractivity contribution < 1.29 is 19.5 Å². The standard InChI is InChI=1S/C9H19N.Zn/c1-8(2)6-5-7-9(3,4)10-8;/h10H,5-7H2,1-4H3;. The minimum atomic E-state index is 0. The van der Waals surface area contributed by atoms with Gasteiger partial charge in [0, 0.05) is 30.6 Å². The third-order valence-corrected chi connectivity index (χ3v) is 2.28. The Kier molecular flexibility index (Phi) is 3.72. The van der Waals surface area contributed by atoms with Crippen LogP contribution < -0.4 is 5.32 Å². The smallest absolute Gasteiger partial charge is 0.0130 e. The molecule has 0 aromatic carbocycles. The molecule has 0 radical (unpaired) electrons. The van der Waals surface area contributed by atoms with Crippen LogP contribution in [-0.4, -0.2) is 11.1 Å². The van der Waals surface area contributed by atoms with Gasteiger partial charge in [0.2, 0.25) is 0 Å².